The van der Waals surface area contributed by atoms with E-state index >= 15 is 0 Å². The van der Waals surface area contributed by atoms with Gasteiger partial charge in [0.25, 0.3) is 0 Å². The SMILES string of the molecule is C=C=C1[C@H](O)CCCN2C(=O)CC[C@H]12. The molecular formula is C11H15NO2. The molecule has 2 rings (SSSR count). The van der Waals surface area contributed by atoms with Gasteiger partial charge in [-0.15, -0.1) is 5.73 Å². The number of hydrogen-bond donors (Lipinski definition) is 1. The minimum Gasteiger partial charge on any atom is -0.388 e. The molecule has 2 saturated heterocycles. The first-order chi connectivity index (χ1) is 6.74. The molecule has 0 aromatic heterocycles. The highest BCUT2D eigenvalue weighted by Gasteiger charge is 2.37. The molecule has 2 atom stereocenters. The van der Waals surface area contributed by atoms with Gasteiger partial charge < -0.3 is 10.0 Å². The zero-order valence-corrected chi connectivity index (χ0v) is 8.20. The monoisotopic (exact) mass is 193 g/mol. The Morgan fingerprint density at radius 1 is 1.50 bits per heavy atom. The normalized spacial score (nSPS) is 32.5. The summed E-state index contributed by atoms with van der Waals surface area (Å²) >= 11 is 0. The second-order valence-corrected chi connectivity index (χ2v) is 3.93. The van der Waals surface area contributed by atoms with Gasteiger partial charge in [0.05, 0.1) is 12.1 Å². The molecule has 0 bridgehead atoms. The first-order valence-corrected chi connectivity index (χ1v) is 5.11. The minimum absolute atomic E-state index is 0.0671. The van der Waals surface area contributed by atoms with E-state index < -0.39 is 6.10 Å². The van der Waals surface area contributed by atoms with Crippen LogP contribution >= 0.6 is 0 Å². The van der Waals surface area contributed by atoms with Crippen molar-refractivity contribution in [3.05, 3.63) is 17.9 Å². The molecule has 14 heavy (non-hydrogen) atoms. The van der Waals surface area contributed by atoms with Crippen LogP contribution in [0.1, 0.15) is 25.7 Å². The van der Waals surface area contributed by atoms with Gasteiger partial charge in [-0.1, -0.05) is 6.58 Å². The van der Waals surface area contributed by atoms with E-state index in [9.17, 15) is 9.90 Å². The average molecular weight is 193 g/mol. The second kappa shape index (κ2) is 3.60. The summed E-state index contributed by atoms with van der Waals surface area (Å²) in [5.41, 5.74) is 3.62. The van der Waals surface area contributed by atoms with E-state index in [4.69, 9.17) is 0 Å². The van der Waals surface area contributed by atoms with Crippen LogP contribution in [0.4, 0.5) is 0 Å². The van der Waals surface area contributed by atoms with Gasteiger partial charge in [-0.3, -0.25) is 4.79 Å². The fraction of sp³-hybridized carbons (Fsp3) is 0.636. The molecule has 1 amide bonds. The van der Waals surface area contributed by atoms with E-state index in [1.54, 1.807) is 0 Å². The molecule has 0 spiro atoms. The quantitative estimate of drug-likeness (QED) is 0.579. The summed E-state index contributed by atoms with van der Waals surface area (Å²) in [4.78, 5) is 13.4. The highest BCUT2D eigenvalue weighted by molar-refractivity contribution is 5.79. The Morgan fingerprint density at radius 3 is 3.00 bits per heavy atom. The number of carbonyl (C=O) groups is 1. The summed E-state index contributed by atoms with van der Waals surface area (Å²) in [5, 5.41) is 9.80. The maximum absolute atomic E-state index is 11.5. The van der Waals surface area contributed by atoms with E-state index in [1.807, 2.05) is 4.90 Å². The van der Waals surface area contributed by atoms with Gasteiger partial charge in [0.1, 0.15) is 0 Å². The molecule has 3 heteroatoms. The third-order valence-electron chi connectivity index (χ3n) is 3.13. The molecule has 0 aromatic rings. The van der Waals surface area contributed by atoms with Gasteiger partial charge in [-0.05, 0) is 19.3 Å². The van der Waals surface area contributed by atoms with Crippen molar-refractivity contribution in [1.82, 2.24) is 4.90 Å². The fourth-order valence-corrected chi connectivity index (χ4v) is 2.41. The minimum atomic E-state index is -0.451. The van der Waals surface area contributed by atoms with Crippen molar-refractivity contribution in [2.24, 2.45) is 0 Å². The molecule has 0 radical (unpaired) electrons. The van der Waals surface area contributed by atoms with E-state index in [0.29, 0.717) is 6.42 Å². The van der Waals surface area contributed by atoms with Crippen LogP contribution in [-0.2, 0) is 4.79 Å². The van der Waals surface area contributed by atoms with Crippen LogP contribution in [0.5, 0.6) is 0 Å². The van der Waals surface area contributed by atoms with Crippen LogP contribution in [0, 0.1) is 0 Å². The third kappa shape index (κ3) is 1.39. The topological polar surface area (TPSA) is 40.5 Å². The molecule has 0 saturated carbocycles. The lowest BCUT2D eigenvalue weighted by atomic mass is 9.99. The number of aliphatic hydroxyl groups excluding tert-OH is 1. The van der Waals surface area contributed by atoms with Crippen LogP contribution in [0.25, 0.3) is 0 Å². The molecule has 1 N–H and O–H groups in total. The standard InChI is InChI=1S/C11H15NO2/c1-2-8-9-5-6-11(14)12(9)7-3-4-10(8)13/h9-10,13H,1,3-7H2/t9-,10-/m1/s1. The number of rotatable bonds is 0. The van der Waals surface area contributed by atoms with Crippen molar-refractivity contribution >= 4 is 5.91 Å². The Morgan fingerprint density at radius 2 is 2.29 bits per heavy atom. The lowest BCUT2D eigenvalue weighted by Gasteiger charge is -2.23. The number of aliphatic hydroxyl groups is 1. The van der Waals surface area contributed by atoms with Gasteiger partial charge in [0.2, 0.25) is 5.91 Å². The second-order valence-electron chi connectivity index (χ2n) is 3.93. The van der Waals surface area contributed by atoms with Crippen molar-refractivity contribution in [1.29, 1.82) is 0 Å². The summed E-state index contributed by atoms with van der Waals surface area (Å²) in [6, 6.07) is 0.0671. The molecule has 0 unspecified atom stereocenters. The molecule has 2 heterocycles. The molecule has 3 nitrogen and oxygen atoms in total. The van der Waals surface area contributed by atoms with Crippen LogP contribution < -0.4 is 0 Å². The van der Waals surface area contributed by atoms with Crippen LogP contribution in [0.15, 0.2) is 17.9 Å². The van der Waals surface area contributed by atoms with E-state index in [-0.39, 0.29) is 11.9 Å². The summed E-state index contributed by atoms with van der Waals surface area (Å²) < 4.78 is 0. The number of hydrogen-bond acceptors (Lipinski definition) is 2. The Balaban J connectivity index is 2.31. The molecule has 0 aliphatic carbocycles. The smallest absolute Gasteiger partial charge is 0.223 e. The number of amides is 1. The predicted octanol–water partition coefficient (Wildman–Crippen LogP) is 0.843. The summed E-state index contributed by atoms with van der Waals surface area (Å²) in [6.45, 7) is 4.37. The summed E-state index contributed by atoms with van der Waals surface area (Å²) in [5.74, 6) is 0.205. The van der Waals surface area contributed by atoms with Crippen molar-refractivity contribution in [3.8, 4) is 0 Å². The zero-order chi connectivity index (χ0) is 10.1. The largest absolute Gasteiger partial charge is 0.388 e. The first-order valence-electron chi connectivity index (χ1n) is 5.11. The van der Waals surface area contributed by atoms with E-state index in [0.717, 1.165) is 31.4 Å². The Labute approximate surface area is 83.7 Å². The molecule has 2 fully saturated rings. The Kier molecular flexibility index (Phi) is 2.44. The number of carbonyl (C=O) groups excluding carboxylic acids is 1. The average Bonchev–Trinajstić information content (AvgIpc) is 2.45. The molecule has 0 aromatic carbocycles. The molecule has 76 valence electrons. The van der Waals surface area contributed by atoms with Gasteiger partial charge in [-0.25, -0.2) is 0 Å². The summed E-state index contributed by atoms with van der Waals surface area (Å²) in [6.07, 6.45) is 2.55. The highest BCUT2D eigenvalue weighted by Crippen LogP contribution is 2.30. The number of fused-ring (bicyclic) bond motifs is 1. The zero-order valence-electron chi connectivity index (χ0n) is 8.20. The lowest BCUT2D eigenvalue weighted by Crippen LogP contribution is -2.34. The molecular weight excluding hydrogens is 178 g/mol. The van der Waals surface area contributed by atoms with Crippen LogP contribution in [0.3, 0.4) is 0 Å². The fourth-order valence-electron chi connectivity index (χ4n) is 2.41. The van der Waals surface area contributed by atoms with Crippen molar-refractivity contribution < 1.29 is 9.90 Å². The molecule has 2 aliphatic heterocycles. The van der Waals surface area contributed by atoms with Gasteiger partial charge in [0, 0.05) is 18.5 Å². The van der Waals surface area contributed by atoms with Crippen molar-refractivity contribution in [2.45, 2.75) is 37.8 Å². The van der Waals surface area contributed by atoms with Crippen LogP contribution in [0.2, 0.25) is 0 Å². The van der Waals surface area contributed by atoms with Crippen molar-refractivity contribution in [3.63, 3.8) is 0 Å². The maximum atomic E-state index is 11.5. The third-order valence-corrected chi connectivity index (χ3v) is 3.13. The molecule has 2 aliphatic rings. The van der Waals surface area contributed by atoms with E-state index in [1.165, 1.54) is 0 Å². The summed E-state index contributed by atoms with van der Waals surface area (Å²) in [7, 11) is 0. The first kappa shape index (κ1) is 9.50. The van der Waals surface area contributed by atoms with Crippen molar-refractivity contribution in [2.75, 3.05) is 6.54 Å². The predicted molar refractivity (Wildman–Crippen MR) is 52.6 cm³/mol. The van der Waals surface area contributed by atoms with Gasteiger partial charge >= 0.3 is 0 Å². The lowest BCUT2D eigenvalue weighted by molar-refractivity contribution is -0.128. The van der Waals surface area contributed by atoms with Gasteiger partial charge in [0.15, 0.2) is 0 Å². The van der Waals surface area contributed by atoms with E-state index in [2.05, 4.69) is 12.3 Å². The Hall–Kier alpha value is -1.05. The van der Waals surface area contributed by atoms with Gasteiger partial charge in [-0.2, -0.15) is 0 Å². The Bertz CT molecular complexity index is 304. The number of nitrogens with zero attached hydrogens (tertiary/aromatic N) is 1. The maximum Gasteiger partial charge on any atom is 0.223 e. The van der Waals surface area contributed by atoms with Crippen LogP contribution in [-0.4, -0.2) is 34.6 Å². The highest BCUT2D eigenvalue weighted by atomic mass is 16.3.